The van der Waals surface area contributed by atoms with Crippen LogP contribution in [0.25, 0.3) is 16.5 Å². The number of imide groups is 1. The van der Waals surface area contributed by atoms with E-state index >= 15 is 0 Å². The van der Waals surface area contributed by atoms with Crippen LogP contribution in [-0.2, 0) is 16.6 Å². The lowest BCUT2D eigenvalue weighted by molar-refractivity contribution is -0.384. The van der Waals surface area contributed by atoms with Crippen molar-refractivity contribution >= 4 is 39.7 Å². The molecule has 1 unspecified atom stereocenters. The fourth-order valence-electron chi connectivity index (χ4n) is 4.60. The second kappa shape index (κ2) is 6.28. The van der Waals surface area contributed by atoms with Gasteiger partial charge in [0.05, 0.1) is 16.0 Å². The molecule has 2 aromatic carbocycles. The number of rotatable bonds is 3. The van der Waals surface area contributed by atoms with Gasteiger partial charge in [0.25, 0.3) is 17.5 Å². The zero-order chi connectivity index (χ0) is 21.2. The molecule has 8 nitrogen and oxygen atoms in total. The van der Waals surface area contributed by atoms with Gasteiger partial charge in [0, 0.05) is 67.1 Å². The first-order valence-corrected chi connectivity index (χ1v) is 9.50. The number of anilines is 1. The minimum Gasteiger partial charge on any atom is -0.373 e. The molecule has 0 aliphatic carbocycles. The number of carbonyl (C=O) groups is 2. The molecule has 5 rings (SSSR count). The summed E-state index contributed by atoms with van der Waals surface area (Å²) in [6.07, 6.45) is 1.76. The molecule has 30 heavy (non-hydrogen) atoms. The third-order valence-corrected chi connectivity index (χ3v) is 5.95. The summed E-state index contributed by atoms with van der Waals surface area (Å²) < 4.78 is 1.74. The van der Waals surface area contributed by atoms with Crippen LogP contribution in [0, 0.1) is 10.1 Å². The van der Waals surface area contributed by atoms with Gasteiger partial charge in [0.15, 0.2) is 0 Å². The third kappa shape index (κ3) is 2.46. The summed E-state index contributed by atoms with van der Waals surface area (Å²) in [6, 6.07) is 12.4. The van der Waals surface area contributed by atoms with E-state index < -0.39 is 10.8 Å². The fraction of sp³-hybridized carbons (Fsp3) is 0.182. The molecular formula is C22H18N4O4. The maximum Gasteiger partial charge on any atom is 0.271 e. The maximum absolute atomic E-state index is 12.9. The lowest BCUT2D eigenvalue weighted by Gasteiger charge is -2.14. The van der Waals surface area contributed by atoms with Crippen LogP contribution in [-0.4, -0.2) is 34.9 Å². The van der Waals surface area contributed by atoms with Crippen molar-refractivity contribution in [3.05, 3.63) is 75.5 Å². The molecular weight excluding hydrogens is 384 g/mol. The van der Waals surface area contributed by atoms with Crippen LogP contribution < -0.4 is 10.2 Å². The highest BCUT2D eigenvalue weighted by Crippen LogP contribution is 2.44. The molecule has 0 saturated heterocycles. The zero-order valence-electron chi connectivity index (χ0n) is 16.4. The van der Waals surface area contributed by atoms with Gasteiger partial charge in [-0.25, -0.2) is 0 Å². The van der Waals surface area contributed by atoms with E-state index in [4.69, 9.17) is 0 Å². The normalized spacial score (nSPS) is 18.3. The summed E-state index contributed by atoms with van der Waals surface area (Å²) in [5, 5.41) is 14.3. The topological polar surface area (TPSA) is 97.5 Å². The van der Waals surface area contributed by atoms with E-state index in [9.17, 15) is 19.7 Å². The average molecular weight is 402 g/mol. The van der Waals surface area contributed by atoms with Gasteiger partial charge in [-0.15, -0.1) is 0 Å². The summed E-state index contributed by atoms with van der Waals surface area (Å²) in [7, 11) is 3.73. The minimum atomic E-state index is -0.450. The lowest BCUT2D eigenvalue weighted by Crippen LogP contribution is -2.25. The van der Waals surface area contributed by atoms with Crippen molar-refractivity contribution in [2.75, 3.05) is 18.5 Å². The number of fused-ring (bicyclic) bond motifs is 2. The number of hydrogen-bond acceptors (Lipinski definition) is 5. The number of carbonyl (C=O) groups excluding carboxylic acids is 2. The highest BCUT2D eigenvalue weighted by atomic mass is 16.6. The number of nitro groups is 1. The number of para-hydroxylation sites is 1. The van der Waals surface area contributed by atoms with E-state index in [-0.39, 0.29) is 17.5 Å². The first kappa shape index (κ1) is 18.1. The number of likely N-dealkylation sites (N-methyl/N-ethyl adjacent to an activating group) is 1. The highest BCUT2D eigenvalue weighted by Gasteiger charge is 2.41. The number of nitrogens with zero attached hydrogens (tertiary/aromatic N) is 3. The van der Waals surface area contributed by atoms with E-state index in [0.717, 1.165) is 11.3 Å². The number of benzene rings is 2. The SMILES string of the molecule is CN1CC(C2=C(c3cn(C)c4cc([N+](=O)[O-])ccc34)C(=O)NC2=O)c2ccccc21. The molecule has 0 spiro atoms. The Labute approximate surface area is 171 Å². The van der Waals surface area contributed by atoms with Crippen molar-refractivity contribution < 1.29 is 14.5 Å². The Balaban J connectivity index is 1.75. The predicted octanol–water partition coefficient (Wildman–Crippen LogP) is 2.73. The standard InChI is InChI=1S/C22H18N4O4/c1-24-10-15(13-5-3-4-6-17(13)24)19-20(22(28)23-21(19)27)16-11-25(2)18-9-12(26(29)30)7-8-14(16)18/h3-9,11,15H,10H2,1-2H3,(H,23,27,28). The van der Waals surface area contributed by atoms with Crippen molar-refractivity contribution in [3.8, 4) is 0 Å². The van der Waals surface area contributed by atoms with Gasteiger partial charge in [-0.3, -0.25) is 25.0 Å². The second-order valence-corrected chi connectivity index (χ2v) is 7.68. The Morgan fingerprint density at radius 1 is 1.10 bits per heavy atom. The van der Waals surface area contributed by atoms with Crippen molar-refractivity contribution in [2.45, 2.75) is 5.92 Å². The van der Waals surface area contributed by atoms with Crippen LogP contribution >= 0.6 is 0 Å². The van der Waals surface area contributed by atoms with E-state index in [1.807, 2.05) is 31.3 Å². The number of amides is 2. The summed E-state index contributed by atoms with van der Waals surface area (Å²) >= 11 is 0. The summed E-state index contributed by atoms with van der Waals surface area (Å²) in [4.78, 5) is 38.5. The minimum absolute atomic E-state index is 0.0252. The number of hydrogen-bond donors (Lipinski definition) is 1. The molecule has 1 aromatic heterocycles. The Morgan fingerprint density at radius 2 is 1.87 bits per heavy atom. The van der Waals surface area contributed by atoms with E-state index in [0.29, 0.717) is 34.2 Å². The predicted molar refractivity (Wildman–Crippen MR) is 112 cm³/mol. The van der Waals surface area contributed by atoms with Crippen LogP contribution in [0.5, 0.6) is 0 Å². The molecule has 0 radical (unpaired) electrons. The van der Waals surface area contributed by atoms with Crippen molar-refractivity contribution in [1.29, 1.82) is 0 Å². The third-order valence-electron chi connectivity index (χ3n) is 5.95. The molecule has 2 aliphatic rings. The quantitative estimate of drug-likeness (QED) is 0.413. The number of nitro benzene ring substituents is 1. The van der Waals surface area contributed by atoms with Crippen LogP contribution in [0.15, 0.2) is 54.2 Å². The van der Waals surface area contributed by atoms with Crippen LogP contribution in [0.3, 0.4) is 0 Å². The van der Waals surface area contributed by atoms with Crippen molar-refractivity contribution in [1.82, 2.24) is 9.88 Å². The van der Waals surface area contributed by atoms with E-state index in [1.54, 1.807) is 23.9 Å². The zero-order valence-corrected chi connectivity index (χ0v) is 16.4. The van der Waals surface area contributed by atoms with Gasteiger partial charge in [-0.1, -0.05) is 18.2 Å². The van der Waals surface area contributed by atoms with E-state index in [1.165, 1.54) is 12.1 Å². The van der Waals surface area contributed by atoms with Gasteiger partial charge in [-0.05, 0) is 17.7 Å². The smallest absolute Gasteiger partial charge is 0.271 e. The summed E-state index contributed by atoms with van der Waals surface area (Å²) in [6.45, 7) is 0.592. The number of aromatic nitrogens is 1. The molecule has 1 atom stereocenters. The van der Waals surface area contributed by atoms with Crippen LogP contribution in [0.4, 0.5) is 11.4 Å². The number of non-ortho nitro benzene ring substituents is 1. The van der Waals surface area contributed by atoms with Crippen molar-refractivity contribution in [3.63, 3.8) is 0 Å². The highest BCUT2D eigenvalue weighted by molar-refractivity contribution is 6.38. The first-order valence-electron chi connectivity index (χ1n) is 9.50. The molecule has 3 aromatic rings. The number of nitrogens with one attached hydrogen (secondary N) is 1. The molecule has 0 saturated carbocycles. The van der Waals surface area contributed by atoms with Gasteiger partial charge in [-0.2, -0.15) is 0 Å². The molecule has 8 heteroatoms. The molecule has 2 amide bonds. The Kier molecular flexibility index (Phi) is 3.79. The van der Waals surface area contributed by atoms with Crippen molar-refractivity contribution in [2.24, 2.45) is 7.05 Å². The maximum atomic E-state index is 12.9. The summed E-state index contributed by atoms with van der Waals surface area (Å²) in [5.41, 5.74) is 4.04. The molecule has 3 heterocycles. The molecule has 0 bridgehead atoms. The fourth-order valence-corrected chi connectivity index (χ4v) is 4.60. The van der Waals surface area contributed by atoms with E-state index in [2.05, 4.69) is 10.2 Å². The number of aryl methyl sites for hydroxylation is 1. The average Bonchev–Trinajstić information content (AvgIpc) is 3.32. The molecule has 2 aliphatic heterocycles. The monoisotopic (exact) mass is 402 g/mol. The Morgan fingerprint density at radius 3 is 2.63 bits per heavy atom. The molecule has 150 valence electrons. The van der Waals surface area contributed by atoms with Gasteiger partial charge in [0.2, 0.25) is 0 Å². The van der Waals surface area contributed by atoms with Gasteiger partial charge >= 0.3 is 0 Å². The second-order valence-electron chi connectivity index (χ2n) is 7.68. The lowest BCUT2D eigenvalue weighted by atomic mass is 9.88. The first-order chi connectivity index (χ1) is 14.4. The van der Waals surface area contributed by atoms with Gasteiger partial charge < -0.3 is 9.47 Å². The largest absolute Gasteiger partial charge is 0.373 e. The molecule has 1 N–H and O–H groups in total. The van der Waals surface area contributed by atoms with Gasteiger partial charge in [0.1, 0.15) is 0 Å². The molecule has 0 fully saturated rings. The Hall–Kier alpha value is -3.94. The van der Waals surface area contributed by atoms with Crippen LogP contribution in [0.2, 0.25) is 0 Å². The summed E-state index contributed by atoms with van der Waals surface area (Å²) in [5.74, 6) is -1.06. The van der Waals surface area contributed by atoms with Crippen LogP contribution in [0.1, 0.15) is 17.0 Å². The Bertz CT molecular complexity index is 1300.